The molecule has 2 N–H and O–H groups in total. The summed E-state index contributed by atoms with van der Waals surface area (Å²) in [6, 6.07) is 0. The molecule has 0 fully saturated rings. The molecule has 2 heterocycles. The van der Waals surface area contributed by atoms with Gasteiger partial charge in [0, 0.05) is 19.3 Å². The van der Waals surface area contributed by atoms with Gasteiger partial charge in [0.1, 0.15) is 11.4 Å². The van der Waals surface area contributed by atoms with Crippen molar-refractivity contribution in [1.29, 1.82) is 0 Å². The van der Waals surface area contributed by atoms with Gasteiger partial charge in [0.15, 0.2) is 0 Å². The van der Waals surface area contributed by atoms with E-state index in [4.69, 9.17) is 4.74 Å². The van der Waals surface area contributed by atoms with Crippen molar-refractivity contribution in [2.45, 2.75) is 46.0 Å². The molecule has 0 saturated carbocycles. The third-order valence-electron chi connectivity index (χ3n) is 2.53. The summed E-state index contributed by atoms with van der Waals surface area (Å²) in [4.78, 5) is 15.9. The number of nitrogens with zero attached hydrogens (tertiary/aromatic N) is 2. The number of ether oxygens (including phenoxy) is 1. The molecule has 0 unspecified atom stereocenters. The lowest BCUT2D eigenvalue weighted by molar-refractivity contribution is 0.0523. The molecular formula is C12H20N4O2. The van der Waals surface area contributed by atoms with Gasteiger partial charge in [0.05, 0.1) is 18.8 Å². The molecule has 0 aliphatic carbocycles. The molecule has 1 aromatic heterocycles. The average Bonchev–Trinajstić information content (AvgIpc) is 2.66. The molecule has 1 aromatic rings. The number of carbonyl (C=O) groups excluding carboxylic acids is 1. The predicted molar refractivity (Wildman–Crippen MR) is 67.0 cm³/mol. The highest BCUT2D eigenvalue weighted by molar-refractivity contribution is 5.67. The van der Waals surface area contributed by atoms with Gasteiger partial charge in [-0.15, -0.1) is 0 Å². The van der Waals surface area contributed by atoms with E-state index in [2.05, 4.69) is 20.2 Å². The fourth-order valence-electron chi connectivity index (χ4n) is 1.81. The molecule has 1 aliphatic heterocycles. The molecule has 6 heteroatoms. The Kier molecular flexibility index (Phi) is 3.56. The highest BCUT2D eigenvalue weighted by Crippen LogP contribution is 2.08. The number of nitrogens with one attached hydrogen (secondary N) is 2. The Morgan fingerprint density at radius 3 is 3.06 bits per heavy atom. The van der Waals surface area contributed by atoms with Crippen LogP contribution < -0.4 is 10.6 Å². The second-order valence-corrected chi connectivity index (χ2v) is 5.37. The zero-order chi connectivity index (χ0) is 13.2. The first-order valence-corrected chi connectivity index (χ1v) is 6.16. The molecule has 100 valence electrons. The van der Waals surface area contributed by atoms with Gasteiger partial charge >= 0.3 is 6.09 Å². The fraction of sp³-hybridized carbons (Fsp3) is 0.667. The summed E-state index contributed by atoms with van der Waals surface area (Å²) in [5.74, 6) is 1.02. The lowest BCUT2D eigenvalue weighted by Crippen LogP contribution is -2.32. The first kappa shape index (κ1) is 12.9. The number of rotatable bonds is 2. The highest BCUT2D eigenvalue weighted by atomic mass is 16.6. The van der Waals surface area contributed by atoms with Gasteiger partial charge in [-0.05, 0) is 20.8 Å². The summed E-state index contributed by atoms with van der Waals surface area (Å²) < 4.78 is 7.28. The van der Waals surface area contributed by atoms with Crippen molar-refractivity contribution in [2.75, 3.05) is 6.54 Å². The summed E-state index contributed by atoms with van der Waals surface area (Å²) in [7, 11) is 0. The van der Waals surface area contributed by atoms with Gasteiger partial charge in [0.25, 0.3) is 0 Å². The maximum atomic E-state index is 11.5. The van der Waals surface area contributed by atoms with E-state index in [-0.39, 0.29) is 0 Å². The van der Waals surface area contributed by atoms with Crippen molar-refractivity contribution in [1.82, 2.24) is 20.2 Å². The van der Waals surface area contributed by atoms with Crippen molar-refractivity contribution >= 4 is 6.09 Å². The van der Waals surface area contributed by atoms with E-state index >= 15 is 0 Å². The molecule has 1 amide bonds. The Hall–Kier alpha value is -1.56. The maximum Gasteiger partial charge on any atom is 0.407 e. The first-order valence-electron chi connectivity index (χ1n) is 6.16. The minimum atomic E-state index is -0.471. The third-order valence-corrected chi connectivity index (χ3v) is 2.53. The lowest BCUT2D eigenvalue weighted by Gasteiger charge is -2.19. The van der Waals surface area contributed by atoms with Gasteiger partial charge < -0.3 is 19.9 Å². The molecular weight excluding hydrogens is 232 g/mol. The van der Waals surface area contributed by atoms with Crippen LogP contribution >= 0.6 is 0 Å². The number of hydrogen-bond donors (Lipinski definition) is 2. The van der Waals surface area contributed by atoms with E-state index < -0.39 is 11.7 Å². The molecule has 0 spiro atoms. The predicted octanol–water partition coefficient (Wildman–Crippen LogP) is 1.01. The van der Waals surface area contributed by atoms with Crippen molar-refractivity contribution in [2.24, 2.45) is 0 Å². The van der Waals surface area contributed by atoms with E-state index in [0.29, 0.717) is 6.54 Å². The molecule has 0 bridgehead atoms. The SMILES string of the molecule is CC(C)(C)OC(=O)NCc1cn2c(n1)CNCC2. The number of amides is 1. The minimum absolute atomic E-state index is 0.398. The van der Waals surface area contributed by atoms with Crippen LogP contribution in [0, 0.1) is 0 Å². The smallest absolute Gasteiger partial charge is 0.407 e. The van der Waals surface area contributed by atoms with Crippen LogP contribution in [0.5, 0.6) is 0 Å². The Morgan fingerprint density at radius 2 is 2.39 bits per heavy atom. The minimum Gasteiger partial charge on any atom is -0.444 e. The Bertz CT molecular complexity index is 410. The number of alkyl carbamates (subject to hydrolysis) is 1. The van der Waals surface area contributed by atoms with Crippen molar-refractivity contribution in [3.05, 3.63) is 17.7 Å². The Labute approximate surface area is 107 Å². The van der Waals surface area contributed by atoms with E-state index in [1.807, 2.05) is 27.0 Å². The van der Waals surface area contributed by atoms with Crippen LogP contribution in [0.15, 0.2) is 6.20 Å². The second-order valence-electron chi connectivity index (χ2n) is 5.37. The van der Waals surface area contributed by atoms with Crippen LogP contribution in [-0.2, 0) is 24.4 Å². The van der Waals surface area contributed by atoms with E-state index in [0.717, 1.165) is 31.2 Å². The van der Waals surface area contributed by atoms with Gasteiger partial charge in [-0.2, -0.15) is 0 Å². The van der Waals surface area contributed by atoms with E-state index in [1.165, 1.54) is 0 Å². The van der Waals surface area contributed by atoms with E-state index in [1.54, 1.807) is 0 Å². The lowest BCUT2D eigenvalue weighted by atomic mass is 10.2. The highest BCUT2D eigenvalue weighted by Gasteiger charge is 2.17. The van der Waals surface area contributed by atoms with Crippen molar-refractivity contribution < 1.29 is 9.53 Å². The number of carbonyl (C=O) groups is 1. The maximum absolute atomic E-state index is 11.5. The summed E-state index contributed by atoms with van der Waals surface area (Å²) >= 11 is 0. The number of aromatic nitrogens is 2. The van der Waals surface area contributed by atoms with Crippen LogP contribution in [0.2, 0.25) is 0 Å². The van der Waals surface area contributed by atoms with Crippen molar-refractivity contribution in [3.63, 3.8) is 0 Å². The normalized spacial score (nSPS) is 15.1. The fourth-order valence-corrected chi connectivity index (χ4v) is 1.81. The molecule has 1 aliphatic rings. The quantitative estimate of drug-likeness (QED) is 0.824. The molecule has 6 nitrogen and oxygen atoms in total. The first-order chi connectivity index (χ1) is 8.44. The monoisotopic (exact) mass is 252 g/mol. The van der Waals surface area contributed by atoms with Gasteiger partial charge in [-0.25, -0.2) is 9.78 Å². The van der Waals surface area contributed by atoms with Crippen LogP contribution in [-0.4, -0.2) is 27.8 Å². The standard InChI is InChI=1S/C12H20N4O2/c1-12(2,3)18-11(17)14-6-9-8-16-5-4-13-7-10(16)15-9/h8,13H,4-7H2,1-3H3,(H,14,17). The number of fused-ring (bicyclic) bond motifs is 1. The Balaban J connectivity index is 1.87. The molecule has 0 saturated heterocycles. The Morgan fingerprint density at radius 1 is 1.61 bits per heavy atom. The number of hydrogen-bond acceptors (Lipinski definition) is 4. The van der Waals surface area contributed by atoms with E-state index in [9.17, 15) is 4.79 Å². The summed E-state index contributed by atoms with van der Waals surface area (Å²) in [6.07, 6.45) is 1.57. The summed E-state index contributed by atoms with van der Waals surface area (Å²) in [5, 5.41) is 5.96. The largest absolute Gasteiger partial charge is 0.444 e. The van der Waals surface area contributed by atoms with Crippen LogP contribution in [0.4, 0.5) is 4.79 Å². The van der Waals surface area contributed by atoms with Crippen LogP contribution in [0.25, 0.3) is 0 Å². The third kappa shape index (κ3) is 3.46. The van der Waals surface area contributed by atoms with Gasteiger partial charge in [-0.3, -0.25) is 0 Å². The van der Waals surface area contributed by atoms with Gasteiger partial charge in [0.2, 0.25) is 0 Å². The molecule has 18 heavy (non-hydrogen) atoms. The summed E-state index contributed by atoms with van der Waals surface area (Å²) in [5.41, 5.74) is 0.390. The molecule has 0 aromatic carbocycles. The number of imidazole rings is 1. The zero-order valence-electron chi connectivity index (χ0n) is 11.1. The summed E-state index contributed by atoms with van der Waals surface area (Å²) in [6.45, 7) is 8.59. The molecule has 0 atom stereocenters. The average molecular weight is 252 g/mol. The van der Waals surface area contributed by atoms with Crippen molar-refractivity contribution in [3.8, 4) is 0 Å². The molecule has 2 rings (SSSR count). The topological polar surface area (TPSA) is 68.2 Å². The van der Waals surface area contributed by atoms with Crippen LogP contribution in [0.3, 0.4) is 0 Å². The zero-order valence-corrected chi connectivity index (χ0v) is 11.1. The second kappa shape index (κ2) is 4.97. The van der Waals surface area contributed by atoms with Crippen LogP contribution in [0.1, 0.15) is 32.3 Å². The molecule has 0 radical (unpaired) electrons. The van der Waals surface area contributed by atoms with Gasteiger partial charge in [-0.1, -0.05) is 0 Å².